The summed E-state index contributed by atoms with van der Waals surface area (Å²) in [7, 11) is 0. The Hall–Kier alpha value is -1.36. The third kappa shape index (κ3) is 3.56. The summed E-state index contributed by atoms with van der Waals surface area (Å²) in [5, 5.41) is 2.75. The van der Waals surface area contributed by atoms with Gasteiger partial charge < -0.3 is 15.5 Å². The van der Waals surface area contributed by atoms with Gasteiger partial charge in [0.2, 0.25) is 11.8 Å². The number of aromatic nitrogens is 1. The quantitative estimate of drug-likeness (QED) is 0.772. The molecule has 1 amide bonds. The van der Waals surface area contributed by atoms with E-state index in [-0.39, 0.29) is 5.91 Å². The first-order chi connectivity index (χ1) is 8.19. The number of amides is 1. The maximum Gasteiger partial charge on any atom is 0.237 e. The predicted octanol–water partition coefficient (Wildman–Crippen LogP) is 0.981. The largest absolute Gasteiger partial charge is 0.444 e. The first-order valence-electron chi connectivity index (χ1n) is 6.16. The molecule has 0 radical (unpaired) electrons. The predicted molar refractivity (Wildman–Crippen MR) is 63.0 cm³/mol. The van der Waals surface area contributed by atoms with E-state index in [1.54, 1.807) is 6.20 Å². The Balaban J connectivity index is 1.74. The molecule has 1 aliphatic rings. The lowest BCUT2D eigenvalue weighted by Crippen LogP contribution is -2.40. The van der Waals surface area contributed by atoms with Crippen molar-refractivity contribution >= 4 is 5.91 Å². The molecule has 17 heavy (non-hydrogen) atoms. The minimum Gasteiger partial charge on any atom is -0.444 e. The summed E-state index contributed by atoms with van der Waals surface area (Å²) < 4.78 is 5.39. The number of nitrogens with two attached hydrogens (primary N) is 1. The minimum absolute atomic E-state index is 0.117. The Morgan fingerprint density at radius 3 is 3.06 bits per heavy atom. The van der Waals surface area contributed by atoms with Gasteiger partial charge in [-0.15, -0.1) is 0 Å². The molecule has 94 valence electrons. The minimum atomic E-state index is -0.400. The van der Waals surface area contributed by atoms with E-state index in [9.17, 15) is 4.79 Å². The Morgan fingerprint density at radius 2 is 2.47 bits per heavy atom. The van der Waals surface area contributed by atoms with E-state index < -0.39 is 6.04 Å². The molecule has 0 aromatic carbocycles. The molecule has 3 N–H and O–H groups in total. The number of nitrogens with one attached hydrogen (secondary N) is 1. The molecule has 1 aromatic heterocycles. The number of hydrogen-bond acceptors (Lipinski definition) is 4. The van der Waals surface area contributed by atoms with Crippen LogP contribution in [-0.4, -0.2) is 16.9 Å². The van der Waals surface area contributed by atoms with Gasteiger partial charge in [-0.2, -0.15) is 0 Å². The van der Waals surface area contributed by atoms with Gasteiger partial charge in [0.1, 0.15) is 5.76 Å². The number of aryl methyl sites for hydroxylation is 1. The lowest BCUT2D eigenvalue weighted by Gasteiger charge is -2.10. The zero-order valence-corrected chi connectivity index (χ0v) is 10.1. The average Bonchev–Trinajstić information content (AvgIpc) is 3.02. The Labute approximate surface area is 101 Å². The fourth-order valence-electron chi connectivity index (χ4n) is 1.71. The molecule has 1 saturated carbocycles. The summed E-state index contributed by atoms with van der Waals surface area (Å²) >= 11 is 0. The fraction of sp³-hybridized carbons (Fsp3) is 0.667. The van der Waals surface area contributed by atoms with Gasteiger partial charge in [0, 0.05) is 6.42 Å². The van der Waals surface area contributed by atoms with E-state index in [0.717, 1.165) is 18.6 Å². The van der Waals surface area contributed by atoms with Crippen LogP contribution in [0.25, 0.3) is 0 Å². The molecule has 2 rings (SSSR count). The van der Waals surface area contributed by atoms with Crippen LogP contribution >= 0.6 is 0 Å². The van der Waals surface area contributed by atoms with Crippen molar-refractivity contribution in [3.63, 3.8) is 0 Å². The van der Waals surface area contributed by atoms with Crippen molar-refractivity contribution in [3.05, 3.63) is 17.8 Å². The zero-order chi connectivity index (χ0) is 12.3. The maximum atomic E-state index is 11.7. The Kier molecular flexibility index (Phi) is 3.78. The zero-order valence-electron chi connectivity index (χ0n) is 10.1. The number of carbonyl (C=O) groups excluding carboxylic acids is 1. The summed E-state index contributed by atoms with van der Waals surface area (Å²) in [6, 6.07) is -0.400. The van der Waals surface area contributed by atoms with Crippen LogP contribution in [0.2, 0.25) is 0 Å². The molecule has 1 fully saturated rings. The summed E-state index contributed by atoms with van der Waals surface area (Å²) in [6.07, 6.45) is 5.70. The molecule has 1 heterocycles. The van der Waals surface area contributed by atoms with E-state index in [1.165, 1.54) is 12.8 Å². The summed E-state index contributed by atoms with van der Waals surface area (Å²) in [4.78, 5) is 15.7. The van der Waals surface area contributed by atoms with Crippen molar-refractivity contribution in [3.8, 4) is 0 Å². The second-order valence-electron chi connectivity index (χ2n) is 4.58. The molecular formula is C12H19N3O2. The van der Waals surface area contributed by atoms with Gasteiger partial charge in [0.05, 0.1) is 18.8 Å². The van der Waals surface area contributed by atoms with Crippen molar-refractivity contribution in [1.82, 2.24) is 10.3 Å². The first kappa shape index (κ1) is 12.1. The molecule has 0 saturated heterocycles. The van der Waals surface area contributed by atoms with E-state index in [1.807, 2.05) is 6.92 Å². The monoisotopic (exact) mass is 237 g/mol. The van der Waals surface area contributed by atoms with E-state index in [0.29, 0.717) is 18.4 Å². The van der Waals surface area contributed by atoms with Crippen molar-refractivity contribution < 1.29 is 9.21 Å². The summed E-state index contributed by atoms with van der Waals surface area (Å²) in [5.74, 6) is 1.91. The summed E-state index contributed by atoms with van der Waals surface area (Å²) in [5.41, 5.74) is 5.79. The second kappa shape index (κ2) is 5.31. The van der Waals surface area contributed by atoms with Crippen molar-refractivity contribution in [2.24, 2.45) is 11.7 Å². The van der Waals surface area contributed by atoms with E-state index >= 15 is 0 Å². The Bertz CT molecular complexity index is 385. The van der Waals surface area contributed by atoms with Gasteiger partial charge in [-0.1, -0.05) is 19.8 Å². The number of rotatable bonds is 6. The lowest BCUT2D eigenvalue weighted by atomic mass is 10.1. The number of hydrogen-bond donors (Lipinski definition) is 2. The second-order valence-corrected chi connectivity index (χ2v) is 4.58. The van der Waals surface area contributed by atoms with E-state index in [2.05, 4.69) is 10.3 Å². The van der Waals surface area contributed by atoms with Gasteiger partial charge in [-0.05, 0) is 12.3 Å². The first-order valence-corrected chi connectivity index (χ1v) is 6.16. The fourth-order valence-corrected chi connectivity index (χ4v) is 1.71. The van der Waals surface area contributed by atoms with Gasteiger partial charge >= 0.3 is 0 Å². The van der Waals surface area contributed by atoms with Gasteiger partial charge in [-0.25, -0.2) is 4.98 Å². The topological polar surface area (TPSA) is 81.2 Å². The van der Waals surface area contributed by atoms with Gasteiger partial charge in [-0.3, -0.25) is 4.79 Å². The highest BCUT2D eigenvalue weighted by atomic mass is 16.4. The normalized spacial score (nSPS) is 16.8. The summed E-state index contributed by atoms with van der Waals surface area (Å²) in [6.45, 7) is 2.31. The van der Waals surface area contributed by atoms with Crippen molar-refractivity contribution in [2.75, 3.05) is 0 Å². The maximum absolute atomic E-state index is 11.7. The highest BCUT2D eigenvalue weighted by Crippen LogP contribution is 2.33. The molecule has 5 nitrogen and oxygen atoms in total. The molecule has 0 aliphatic heterocycles. The standard InChI is InChI=1S/C12H19N3O2/c1-2-9-6-14-11(17-9)7-15-12(16)10(13)5-8-3-4-8/h6,8,10H,2-5,7,13H2,1H3,(H,15,16). The molecule has 5 heteroatoms. The number of carbonyl (C=O) groups is 1. The highest BCUT2D eigenvalue weighted by Gasteiger charge is 2.26. The van der Waals surface area contributed by atoms with Crippen LogP contribution < -0.4 is 11.1 Å². The third-order valence-electron chi connectivity index (χ3n) is 2.98. The van der Waals surface area contributed by atoms with Crippen LogP contribution in [0.1, 0.15) is 37.8 Å². The van der Waals surface area contributed by atoms with Crippen LogP contribution in [0.5, 0.6) is 0 Å². The van der Waals surface area contributed by atoms with Gasteiger partial charge in [0.15, 0.2) is 0 Å². The van der Waals surface area contributed by atoms with Crippen LogP contribution in [-0.2, 0) is 17.8 Å². The molecule has 0 spiro atoms. The molecule has 1 aromatic rings. The average molecular weight is 237 g/mol. The van der Waals surface area contributed by atoms with Gasteiger partial charge in [0.25, 0.3) is 0 Å². The van der Waals surface area contributed by atoms with Crippen LogP contribution in [0.3, 0.4) is 0 Å². The van der Waals surface area contributed by atoms with E-state index in [4.69, 9.17) is 10.2 Å². The third-order valence-corrected chi connectivity index (χ3v) is 2.98. The molecule has 1 unspecified atom stereocenters. The number of oxazole rings is 1. The van der Waals surface area contributed by atoms with Crippen LogP contribution in [0.15, 0.2) is 10.6 Å². The molecular weight excluding hydrogens is 218 g/mol. The van der Waals surface area contributed by atoms with Crippen molar-refractivity contribution in [1.29, 1.82) is 0 Å². The number of nitrogens with zero attached hydrogens (tertiary/aromatic N) is 1. The molecule has 1 atom stereocenters. The molecule has 0 bridgehead atoms. The Morgan fingerprint density at radius 1 is 1.71 bits per heavy atom. The lowest BCUT2D eigenvalue weighted by molar-refractivity contribution is -0.122. The van der Waals surface area contributed by atoms with Crippen LogP contribution in [0, 0.1) is 5.92 Å². The van der Waals surface area contributed by atoms with Crippen LogP contribution in [0.4, 0.5) is 0 Å². The highest BCUT2D eigenvalue weighted by molar-refractivity contribution is 5.81. The molecule has 1 aliphatic carbocycles. The smallest absolute Gasteiger partial charge is 0.237 e. The SMILES string of the molecule is CCc1cnc(CNC(=O)C(N)CC2CC2)o1. The van der Waals surface area contributed by atoms with Crippen molar-refractivity contribution in [2.45, 2.75) is 45.2 Å².